The van der Waals surface area contributed by atoms with E-state index in [1.807, 2.05) is 0 Å². The lowest BCUT2D eigenvalue weighted by molar-refractivity contribution is -0.274. The number of carbonyl (C=O) groups excluding carboxylic acids is 2. The monoisotopic (exact) mass is 541 g/mol. The van der Waals surface area contributed by atoms with Crippen LogP contribution in [0.1, 0.15) is 37.9 Å². The minimum atomic E-state index is -4.99. The number of nitrogens with one attached hydrogen (secondary N) is 1. The van der Waals surface area contributed by atoms with E-state index in [2.05, 4.69) is 30.6 Å². The first kappa shape index (κ1) is 26.8. The van der Waals surface area contributed by atoms with E-state index in [0.717, 1.165) is 18.2 Å². The fourth-order valence-corrected chi connectivity index (χ4v) is 3.82. The molecule has 38 heavy (non-hydrogen) atoms. The second-order valence-corrected chi connectivity index (χ2v) is 9.42. The van der Waals surface area contributed by atoms with Gasteiger partial charge in [-0.25, -0.2) is 9.18 Å². The largest absolute Gasteiger partial charge is 0.573 e. The highest BCUT2D eigenvalue weighted by Gasteiger charge is 2.39. The number of benzene rings is 1. The molecule has 1 N–H and O–H groups in total. The summed E-state index contributed by atoms with van der Waals surface area (Å²) in [5, 5.41) is 17.5. The number of amides is 2. The third-order valence-corrected chi connectivity index (χ3v) is 5.27. The minimum absolute atomic E-state index is 0.104. The van der Waals surface area contributed by atoms with E-state index in [-0.39, 0.29) is 12.6 Å². The lowest BCUT2D eigenvalue weighted by Crippen LogP contribution is -2.43. The molecule has 0 spiro atoms. The molecular formula is C22H23F4N7O5. The molecule has 2 unspecified atom stereocenters. The predicted molar refractivity (Wildman–Crippen MR) is 119 cm³/mol. The summed E-state index contributed by atoms with van der Waals surface area (Å²) in [6, 6.07) is 1.31. The molecular weight excluding hydrogens is 518 g/mol. The van der Waals surface area contributed by atoms with Crippen LogP contribution in [0, 0.1) is 5.82 Å². The van der Waals surface area contributed by atoms with Crippen LogP contribution in [0.2, 0.25) is 0 Å². The van der Waals surface area contributed by atoms with E-state index >= 15 is 0 Å². The first-order valence-corrected chi connectivity index (χ1v) is 11.3. The van der Waals surface area contributed by atoms with Crippen LogP contribution in [0.4, 0.5) is 22.4 Å². The Morgan fingerprint density at radius 3 is 2.63 bits per heavy atom. The highest BCUT2D eigenvalue weighted by Crippen LogP contribution is 2.30. The summed E-state index contributed by atoms with van der Waals surface area (Å²) in [5.74, 6) is -3.56. The van der Waals surface area contributed by atoms with E-state index in [4.69, 9.17) is 9.15 Å². The number of rotatable bonds is 6. The Bertz CT molecular complexity index is 1290. The lowest BCUT2D eigenvalue weighted by Gasteiger charge is -2.28. The van der Waals surface area contributed by atoms with Crippen LogP contribution < -0.4 is 10.1 Å². The van der Waals surface area contributed by atoms with Crippen LogP contribution >= 0.6 is 0 Å². The van der Waals surface area contributed by atoms with Gasteiger partial charge in [-0.05, 0) is 45.4 Å². The van der Waals surface area contributed by atoms with Gasteiger partial charge in [-0.2, -0.15) is 0 Å². The normalized spacial score (nSPS) is 17.9. The van der Waals surface area contributed by atoms with Gasteiger partial charge in [0.05, 0.1) is 24.3 Å². The van der Waals surface area contributed by atoms with Crippen molar-refractivity contribution in [3.8, 4) is 17.2 Å². The van der Waals surface area contributed by atoms with Crippen LogP contribution in [-0.4, -0.2) is 72.7 Å². The van der Waals surface area contributed by atoms with Crippen molar-refractivity contribution in [3.63, 3.8) is 0 Å². The molecule has 3 heterocycles. The molecule has 4 rings (SSSR count). The Balaban J connectivity index is 1.46. The van der Waals surface area contributed by atoms with Gasteiger partial charge in [0.1, 0.15) is 17.2 Å². The summed E-state index contributed by atoms with van der Waals surface area (Å²) in [4.78, 5) is 27.0. The van der Waals surface area contributed by atoms with Crippen molar-refractivity contribution in [2.45, 2.75) is 57.8 Å². The third kappa shape index (κ3) is 6.74. The first-order valence-electron chi connectivity index (χ1n) is 11.3. The van der Waals surface area contributed by atoms with E-state index < -0.39 is 58.9 Å². The van der Waals surface area contributed by atoms with Gasteiger partial charge < -0.3 is 24.1 Å². The van der Waals surface area contributed by atoms with Gasteiger partial charge in [0.2, 0.25) is 0 Å². The number of ether oxygens (including phenoxy) is 2. The molecule has 204 valence electrons. The molecule has 0 radical (unpaired) electrons. The minimum Gasteiger partial charge on any atom is -0.444 e. The van der Waals surface area contributed by atoms with Crippen LogP contribution in [0.25, 0.3) is 11.5 Å². The molecule has 1 aromatic carbocycles. The van der Waals surface area contributed by atoms with Crippen LogP contribution in [0.5, 0.6) is 5.75 Å². The lowest BCUT2D eigenvalue weighted by atomic mass is 10.1. The quantitative estimate of drug-likeness (QED) is 0.467. The van der Waals surface area contributed by atoms with Gasteiger partial charge in [0, 0.05) is 18.8 Å². The summed E-state index contributed by atoms with van der Waals surface area (Å²) in [7, 11) is 0. The van der Waals surface area contributed by atoms with Crippen molar-refractivity contribution in [2.24, 2.45) is 0 Å². The Hall–Kier alpha value is -4.24. The van der Waals surface area contributed by atoms with E-state index in [9.17, 15) is 27.2 Å². The van der Waals surface area contributed by atoms with Crippen molar-refractivity contribution < 1.29 is 41.0 Å². The number of nitrogens with zero attached hydrogens (tertiary/aromatic N) is 6. The standard InChI is InChI=1S/C22H23F4N7O5/c1-21(2,3)38-20(35)33-10-12(8-13(33)11-32-7-6-27-31-32)28-17(34)19-30-29-18(36-19)15-9-14(4-5-16(15)23)37-22(24,25)26/h4-7,9,12-13H,8,10-11H2,1-3H3,(H,28,34). The second-order valence-electron chi connectivity index (χ2n) is 9.42. The molecule has 2 atom stereocenters. The summed E-state index contributed by atoms with van der Waals surface area (Å²) >= 11 is 0. The molecule has 0 aliphatic carbocycles. The summed E-state index contributed by atoms with van der Waals surface area (Å²) in [5.41, 5.74) is -1.23. The zero-order valence-electron chi connectivity index (χ0n) is 20.4. The van der Waals surface area contributed by atoms with Gasteiger partial charge in [-0.1, -0.05) is 5.21 Å². The van der Waals surface area contributed by atoms with Crippen molar-refractivity contribution in [1.29, 1.82) is 0 Å². The number of halogens is 4. The highest BCUT2D eigenvalue weighted by molar-refractivity contribution is 5.90. The zero-order valence-corrected chi connectivity index (χ0v) is 20.4. The fraction of sp³-hybridized carbons (Fsp3) is 0.455. The number of carbonyl (C=O) groups is 2. The average Bonchev–Trinajstić information content (AvgIpc) is 3.54. The number of hydrogen-bond acceptors (Lipinski definition) is 9. The molecule has 16 heteroatoms. The SMILES string of the molecule is CC(C)(C)OC(=O)N1CC(NC(=O)c2nnc(-c3cc(OC(F)(F)F)ccc3F)o2)CC1Cn1ccnn1. The van der Waals surface area contributed by atoms with E-state index in [0.29, 0.717) is 13.0 Å². The van der Waals surface area contributed by atoms with Crippen molar-refractivity contribution >= 4 is 12.0 Å². The van der Waals surface area contributed by atoms with Crippen LogP contribution in [0.3, 0.4) is 0 Å². The summed E-state index contributed by atoms with van der Waals surface area (Å²) in [6.45, 7) is 5.59. The molecule has 3 aromatic rings. The zero-order chi connectivity index (χ0) is 27.7. The Morgan fingerprint density at radius 2 is 1.97 bits per heavy atom. The molecule has 1 aliphatic rings. The van der Waals surface area contributed by atoms with E-state index in [1.54, 1.807) is 31.6 Å². The highest BCUT2D eigenvalue weighted by atomic mass is 19.4. The van der Waals surface area contributed by atoms with Crippen LogP contribution in [-0.2, 0) is 11.3 Å². The topological polar surface area (TPSA) is 138 Å². The molecule has 1 fully saturated rings. The summed E-state index contributed by atoms with van der Waals surface area (Å²) < 4.78 is 67.8. The maximum absolute atomic E-state index is 14.2. The van der Waals surface area contributed by atoms with Gasteiger partial charge in [0.25, 0.3) is 5.89 Å². The second kappa shape index (κ2) is 10.3. The van der Waals surface area contributed by atoms with Crippen molar-refractivity contribution in [3.05, 3.63) is 42.3 Å². The maximum Gasteiger partial charge on any atom is 0.573 e. The Labute approximate surface area is 212 Å². The van der Waals surface area contributed by atoms with E-state index in [1.165, 1.54) is 11.1 Å². The van der Waals surface area contributed by atoms with Gasteiger partial charge in [-0.3, -0.25) is 9.48 Å². The predicted octanol–water partition coefficient (Wildman–Crippen LogP) is 3.17. The number of likely N-dealkylation sites (tertiary alicyclic amines) is 1. The van der Waals surface area contributed by atoms with Crippen LogP contribution in [0.15, 0.2) is 35.0 Å². The number of hydrogen-bond donors (Lipinski definition) is 1. The molecule has 2 amide bonds. The molecule has 2 aromatic heterocycles. The fourth-order valence-electron chi connectivity index (χ4n) is 3.82. The summed E-state index contributed by atoms with van der Waals surface area (Å²) in [6.07, 6.45) is -2.11. The first-order chi connectivity index (χ1) is 17.8. The third-order valence-electron chi connectivity index (χ3n) is 5.27. The van der Waals surface area contributed by atoms with Gasteiger partial charge >= 0.3 is 24.3 Å². The smallest absolute Gasteiger partial charge is 0.444 e. The van der Waals surface area contributed by atoms with Gasteiger partial charge in [-0.15, -0.1) is 28.5 Å². The molecule has 1 aliphatic heterocycles. The average molecular weight is 541 g/mol. The van der Waals surface area contributed by atoms with Crippen molar-refractivity contribution in [2.75, 3.05) is 6.54 Å². The Kier molecular flexibility index (Phi) is 7.24. The Morgan fingerprint density at radius 1 is 1.21 bits per heavy atom. The number of aromatic nitrogens is 5. The van der Waals surface area contributed by atoms with Crippen molar-refractivity contribution in [1.82, 2.24) is 35.4 Å². The maximum atomic E-state index is 14.2. The molecule has 0 saturated carbocycles. The number of alkyl halides is 3. The molecule has 0 bridgehead atoms. The van der Waals surface area contributed by atoms with Gasteiger partial charge in [0.15, 0.2) is 0 Å². The molecule has 12 nitrogen and oxygen atoms in total. The molecule has 1 saturated heterocycles.